The molecule has 0 aliphatic carbocycles. The van der Waals surface area contributed by atoms with E-state index in [2.05, 4.69) is 4.98 Å². The van der Waals surface area contributed by atoms with Crippen LogP contribution in [-0.2, 0) is 0 Å². The number of rotatable bonds is 0. The van der Waals surface area contributed by atoms with Crippen LogP contribution in [0.25, 0.3) is 10.8 Å². The van der Waals surface area contributed by atoms with E-state index in [1.54, 1.807) is 18.3 Å². The zero-order chi connectivity index (χ0) is 9.42. The topological polar surface area (TPSA) is 38.9 Å². The van der Waals surface area contributed by atoms with Gasteiger partial charge < -0.3 is 5.73 Å². The van der Waals surface area contributed by atoms with E-state index in [0.717, 1.165) is 10.8 Å². The molecule has 1 aromatic heterocycles. The molecule has 0 radical (unpaired) electrons. The number of hydrogen-bond donors (Lipinski definition) is 1. The van der Waals surface area contributed by atoms with Gasteiger partial charge in [-0.25, -0.2) is 4.98 Å². The van der Waals surface area contributed by atoms with Crippen LogP contribution in [0, 0.1) is 0 Å². The average Bonchev–Trinajstić information content (AvgIpc) is 2.07. The first-order valence-electron chi connectivity index (χ1n) is 3.68. The number of aromatic nitrogens is 1. The van der Waals surface area contributed by atoms with Crippen molar-refractivity contribution in [2.45, 2.75) is 0 Å². The van der Waals surface area contributed by atoms with Crippen molar-refractivity contribution in [2.75, 3.05) is 5.73 Å². The highest BCUT2D eigenvalue weighted by atomic mass is 35.5. The third-order valence-corrected chi connectivity index (χ3v) is 2.36. The Kier molecular flexibility index (Phi) is 2.02. The van der Waals surface area contributed by atoms with E-state index in [9.17, 15) is 0 Å². The SMILES string of the molecule is Nc1nccc2c(Cl)cc(Cl)cc12. The van der Waals surface area contributed by atoms with Crippen LogP contribution in [0.4, 0.5) is 5.82 Å². The van der Waals surface area contributed by atoms with Gasteiger partial charge in [0, 0.05) is 22.0 Å². The summed E-state index contributed by atoms with van der Waals surface area (Å²) < 4.78 is 0. The second kappa shape index (κ2) is 3.05. The van der Waals surface area contributed by atoms with Gasteiger partial charge >= 0.3 is 0 Å². The van der Waals surface area contributed by atoms with Gasteiger partial charge in [-0.2, -0.15) is 0 Å². The first-order valence-corrected chi connectivity index (χ1v) is 4.43. The lowest BCUT2D eigenvalue weighted by molar-refractivity contribution is 1.37. The number of hydrogen-bond acceptors (Lipinski definition) is 2. The molecule has 2 N–H and O–H groups in total. The van der Waals surface area contributed by atoms with Crippen molar-refractivity contribution < 1.29 is 0 Å². The Morgan fingerprint density at radius 3 is 2.69 bits per heavy atom. The highest BCUT2D eigenvalue weighted by Crippen LogP contribution is 2.29. The van der Waals surface area contributed by atoms with Crippen LogP contribution < -0.4 is 5.73 Å². The maximum atomic E-state index is 5.97. The number of anilines is 1. The third kappa shape index (κ3) is 1.43. The Labute approximate surface area is 85.3 Å². The molecule has 0 atom stereocenters. The number of fused-ring (bicyclic) bond motifs is 1. The van der Waals surface area contributed by atoms with Crippen LogP contribution in [0.15, 0.2) is 24.4 Å². The summed E-state index contributed by atoms with van der Waals surface area (Å²) in [5, 5.41) is 2.83. The average molecular weight is 213 g/mol. The van der Waals surface area contributed by atoms with Crippen LogP contribution in [0.2, 0.25) is 10.0 Å². The molecule has 1 heterocycles. The largest absolute Gasteiger partial charge is 0.383 e. The lowest BCUT2D eigenvalue weighted by atomic mass is 10.1. The Morgan fingerprint density at radius 2 is 1.92 bits per heavy atom. The molecule has 2 aromatic rings. The molecule has 66 valence electrons. The molecule has 0 saturated carbocycles. The third-order valence-electron chi connectivity index (χ3n) is 1.83. The minimum absolute atomic E-state index is 0.446. The molecule has 13 heavy (non-hydrogen) atoms. The molecule has 2 nitrogen and oxygen atoms in total. The summed E-state index contributed by atoms with van der Waals surface area (Å²) in [6.07, 6.45) is 1.62. The fourth-order valence-electron chi connectivity index (χ4n) is 1.23. The van der Waals surface area contributed by atoms with Gasteiger partial charge in [-0.1, -0.05) is 23.2 Å². The second-order valence-electron chi connectivity index (χ2n) is 2.68. The number of nitrogens with zero attached hydrogens (tertiary/aromatic N) is 1. The Balaban J connectivity index is 2.94. The number of benzene rings is 1. The maximum Gasteiger partial charge on any atom is 0.131 e. The first kappa shape index (κ1) is 8.60. The van der Waals surface area contributed by atoms with Crippen molar-refractivity contribution in [2.24, 2.45) is 0 Å². The molecule has 2 rings (SSSR count). The van der Waals surface area contributed by atoms with Gasteiger partial charge in [0.05, 0.1) is 5.02 Å². The number of halogens is 2. The van der Waals surface area contributed by atoms with Gasteiger partial charge in [0.2, 0.25) is 0 Å². The standard InChI is InChI=1S/C9H6Cl2N2/c10-5-3-7-6(8(11)4-5)1-2-13-9(7)12/h1-4H,(H2,12,13). The van der Waals surface area contributed by atoms with E-state index in [-0.39, 0.29) is 0 Å². The number of nitrogens with two attached hydrogens (primary N) is 1. The molecule has 0 unspecified atom stereocenters. The Hall–Kier alpha value is -0.990. The highest BCUT2D eigenvalue weighted by molar-refractivity contribution is 6.39. The van der Waals surface area contributed by atoms with E-state index >= 15 is 0 Å². The smallest absolute Gasteiger partial charge is 0.131 e. The van der Waals surface area contributed by atoms with Crippen molar-refractivity contribution in [1.82, 2.24) is 4.98 Å². The van der Waals surface area contributed by atoms with Gasteiger partial charge in [-0.3, -0.25) is 0 Å². The van der Waals surface area contributed by atoms with E-state index in [1.807, 2.05) is 6.07 Å². The van der Waals surface area contributed by atoms with E-state index in [0.29, 0.717) is 15.9 Å². The predicted octanol–water partition coefficient (Wildman–Crippen LogP) is 3.12. The molecule has 0 aliphatic rings. The molecule has 0 aliphatic heterocycles. The second-order valence-corrected chi connectivity index (χ2v) is 3.52. The van der Waals surface area contributed by atoms with Crippen LogP contribution in [0.1, 0.15) is 0 Å². The van der Waals surface area contributed by atoms with Crippen molar-refractivity contribution >= 4 is 39.8 Å². The molecule has 0 saturated heterocycles. The fraction of sp³-hybridized carbons (Fsp3) is 0. The molecular formula is C9H6Cl2N2. The zero-order valence-electron chi connectivity index (χ0n) is 6.59. The molecule has 4 heteroatoms. The molecule has 0 fully saturated rings. The summed E-state index contributed by atoms with van der Waals surface area (Å²) in [6, 6.07) is 5.25. The minimum atomic E-state index is 0.446. The van der Waals surface area contributed by atoms with Crippen LogP contribution in [0.5, 0.6) is 0 Å². The number of pyridine rings is 1. The van der Waals surface area contributed by atoms with Crippen molar-refractivity contribution in [3.63, 3.8) is 0 Å². The normalized spacial score (nSPS) is 10.6. The van der Waals surface area contributed by atoms with Crippen molar-refractivity contribution in [1.29, 1.82) is 0 Å². The van der Waals surface area contributed by atoms with Gasteiger partial charge in [0.15, 0.2) is 0 Å². The molecule has 0 amide bonds. The highest BCUT2D eigenvalue weighted by Gasteiger charge is 2.03. The summed E-state index contributed by atoms with van der Waals surface area (Å²) in [7, 11) is 0. The van der Waals surface area contributed by atoms with E-state index < -0.39 is 0 Å². The summed E-state index contributed by atoms with van der Waals surface area (Å²) in [5.41, 5.74) is 5.67. The number of nitrogen functional groups attached to an aromatic ring is 1. The van der Waals surface area contributed by atoms with Crippen LogP contribution in [-0.4, -0.2) is 4.98 Å². The van der Waals surface area contributed by atoms with Crippen molar-refractivity contribution in [3.8, 4) is 0 Å². The van der Waals surface area contributed by atoms with Gasteiger partial charge in [0.25, 0.3) is 0 Å². The fourth-order valence-corrected chi connectivity index (χ4v) is 1.78. The van der Waals surface area contributed by atoms with Crippen molar-refractivity contribution in [3.05, 3.63) is 34.4 Å². The molecule has 0 spiro atoms. The summed E-state index contributed by atoms with van der Waals surface area (Å²) in [6.45, 7) is 0. The van der Waals surface area contributed by atoms with E-state index in [4.69, 9.17) is 28.9 Å². The quantitative estimate of drug-likeness (QED) is 0.730. The lowest BCUT2D eigenvalue weighted by Gasteiger charge is -2.03. The Morgan fingerprint density at radius 1 is 1.15 bits per heavy atom. The summed E-state index contributed by atoms with van der Waals surface area (Å²) in [5.74, 6) is 0.446. The first-order chi connectivity index (χ1) is 6.18. The van der Waals surface area contributed by atoms with Crippen LogP contribution >= 0.6 is 23.2 Å². The monoisotopic (exact) mass is 212 g/mol. The van der Waals surface area contributed by atoms with E-state index in [1.165, 1.54) is 0 Å². The lowest BCUT2D eigenvalue weighted by Crippen LogP contribution is -1.90. The van der Waals surface area contributed by atoms with Gasteiger partial charge in [0.1, 0.15) is 5.82 Å². The van der Waals surface area contributed by atoms with Gasteiger partial charge in [-0.15, -0.1) is 0 Å². The molecule has 0 bridgehead atoms. The van der Waals surface area contributed by atoms with Crippen LogP contribution in [0.3, 0.4) is 0 Å². The maximum absolute atomic E-state index is 5.97. The minimum Gasteiger partial charge on any atom is -0.383 e. The van der Waals surface area contributed by atoms with Gasteiger partial charge in [-0.05, 0) is 18.2 Å². The molecular weight excluding hydrogens is 207 g/mol. The Bertz CT molecular complexity index is 468. The zero-order valence-corrected chi connectivity index (χ0v) is 8.10. The summed E-state index contributed by atoms with van der Waals surface area (Å²) in [4.78, 5) is 3.95. The predicted molar refractivity (Wildman–Crippen MR) is 56.2 cm³/mol. The summed E-state index contributed by atoms with van der Waals surface area (Å²) >= 11 is 11.8. The molecule has 1 aromatic carbocycles.